The fourth-order valence-electron chi connectivity index (χ4n) is 3.84. The van der Waals surface area contributed by atoms with E-state index in [1.165, 1.54) is 27.8 Å². The number of rotatable bonds is 0. The van der Waals surface area contributed by atoms with Crippen LogP contribution in [0.1, 0.15) is 24.5 Å². The van der Waals surface area contributed by atoms with Crippen LogP contribution in [0.4, 0.5) is 0 Å². The highest BCUT2D eigenvalue weighted by molar-refractivity contribution is 5.97. The third-order valence-electron chi connectivity index (χ3n) is 4.97. The lowest BCUT2D eigenvalue weighted by atomic mass is 9.78. The third-order valence-corrected chi connectivity index (χ3v) is 4.97. The van der Waals surface area contributed by atoms with Crippen molar-refractivity contribution in [3.05, 3.63) is 108 Å². The Balaban J connectivity index is 0.000000155. The minimum absolute atomic E-state index is 0.562. The Hall–Kier alpha value is -2.60. The average molecular weight is 310 g/mol. The molecule has 0 saturated heterocycles. The Bertz CT molecular complexity index is 799. The van der Waals surface area contributed by atoms with Crippen LogP contribution >= 0.6 is 0 Å². The van der Waals surface area contributed by atoms with Crippen molar-refractivity contribution >= 4 is 11.1 Å². The molecule has 4 aliphatic carbocycles. The van der Waals surface area contributed by atoms with Crippen LogP contribution in [-0.4, -0.2) is 0 Å². The molecule has 0 aliphatic heterocycles. The summed E-state index contributed by atoms with van der Waals surface area (Å²) in [5.74, 6) is 1.14. The highest BCUT2D eigenvalue weighted by Gasteiger charge is 2.36. The third kappa shape index (κ3) is 2.69. The molecule has 118 valence electrons. The number of allylic oxidation sites excluding steroid dienone is 14. The SMILES string of the molecule is C1=CC2C=CC=C3c4ccccc4C(=C1)C32.CC1=CC=CCC=C1. The van der Waals surface area contributed by atoms with Crippen LogP contribution in [-0.2, 0) is 0 Å². The van der Waals surface area contributed by atoms with Crippen LogP contribution in [0.5, 0.6) is 0 Å². The predicted octanol–water partition coefficient (Wildman–Crippen LogP) is 6.29. The van der Waals surface area contributed by atoms with Gasteiger partial charge in [-0.25, -0.2) is 0 Å². The number of hydrogen-bond donors (Lipinski definition) is 0. The summed E-state index contributed by atoms with van der Waals surface area (Å²) < 4.78 is 0. The molecule has 0 radical (unpaired) electrons. The van der Waals surface area contributed by atoms with Gasteiger partial charge >= 0.3 is 0 Å². The summed E-state index contributed by atoms with van der Waals surface area (Å²) in [5, 5.41) is 0. The van der Waals surface area contributed by atoms with E-state index in [1.54, 1.807) is 0 Å². The molecule has 0 spiro atoms. The van der Waals surface area contributed by atoms with Gasteiger partial charge in [-0.3, -0.25) is 0 Å². The summed E-state index contributed by atoms with van der Waals surface area (Å²) in [6, 6.07) is 8.77. The van der Waals surface area contributed by atoms with Gasteiger partial charge in [-0.15, -0.1) is 0 Å². The normalized spacial score (nSPS) is 24.8. The first-order valence-electron chi connectivity index (χ1n) is 8.71. The summed E-state index contributed by atoms with van der Waals surface area (Å²) in [6.07, 6.45) is 25.3. The van der Waals surface area contributed by atoms with Crippen LogP contribution in [0.25, 0.3) is 11.1 Å². The summed E-state index contributed by atoms with van der Waals surface area (Å²) >= 11 is 0. The number of fused-ring (bicyclic) bond motifs is 3. The van der Waals surface area contributed by atoms with E-state index < -0.39 is 0 Å². The fraction of sp³-hybridized carbons (Fsp3) is 0.167. The van der Waals surface area contributed by atoms with E-state index in [0.29, 0.717) is 11.8 Å². The lowest BCUT2D eigenvalue weighted by Crippen LogP contribution is -2.13. The monoisotopic (exact) mass is 310 g/mol. The quantitative estimate of drug-likeness (QED) is 0.528. The second kappa shape index (κ2) is 6.49. The minimum atomic E-state index is 0.562. The predicted molar refractivity (Wildman–Crippen MR) is 104 cm³/mol. The molecule has 0 atom stereocenters. The van der Waals surface area contributed by atoms with Crippen molar-refractivity contribution in [1.29, 1.82) is 0 Å². The smallest absolute Gasteiger partial charge is 0.0199 e. The van der Waals surface area contributed by atoms with E-state index in [0.717, 1.165) is 6.42 Å². The van der Waals surface area contributed by atoms with Gasteiger partial charge < -0.3 is 0 Å². The van der Waals surface area contributed by atoms with E-state index in [1.807, 2.05) is 0 Å². The first-order valence-corrected chi connectivity index (χ1v) is 8.71. The number of benzene rings is 1. The molecule has 0 amide bonds. The molecule has 0 N–H and O–H groups in total. The molecule has 1 aromatic rings. The minimum Gasteiger partial charge on any atom is -0.0807 e. The van der Waals surface area contributed by atoms with Gasteiger partial charge in [0.05, 0.1) is 0 Å². The van der Waals surface area contributed by atoms with Crippen molar-refractivity contribution in [1.82, 2.24) is 0 Å². The highest BCUT2D eigenvalue weighted by Crippen LogP contribution is 2.52. The van der Waals surface area contributed by atoms with Gasteiger partial charge in [-0.2, -0.15) is 0 Å². The van der Waals surface area contributed by atoms with E-state index in [2.05, 4.69) is 98.0 Å². The zero-order valence-corrected chi connectivity index (χ0v) is 14.0. The Kier molecular flexibility index (Phi) is 4.04. The van der Waals surface area contributed by atoms with E-state index in [4.69, 9.17) is 0 Å². The molecule has 4 aliphatic rings. The van der Waals surface area contributed by atoms with Crippen molar-refractivity contribution < 1.29 is 0 Å². The van der Waals surface area contributed by atoms with Gasteiger partial charge in [0.1, 0.15) is 0 Å². The Labute approximate surface area is 144 Å². The van der Waals surface area contributed by atoms with Crippen LogP contribution in [0.2, 0.25) is 0 Å². The van der Waals surface area contributed by atoms with Crippen molar-refractivity contribution in [2.24, 2.45) is 11.8 Å². The Morgan fingerprint density at radius 3 is 2.12 bits per heavy atom. The second-order valence-electron chi connectivity index (χ2n) is 6.59. The van der Waals surface area contributed by atoms with E-state index in [-0.39, 0.29) is 0 Å². The molecular formula is C24H22. The Morgan fingerprint density at radius 1 is 0.792 bits per heavy atom. The van der Waals surface area contributed by atoms with Gasteiger partial charge in [0.2, 0.25) is 0 Å². The molecular weight excluding hydrogens is 288 g/mol. The lowest BCUT2D eigenvalue weighted by molar-refractivity contribution is 0.707. The lowest BCUT2D eigenvalue weighted by Gasteiger charge is -2.25. The summed E-state index contributed by atoms with van der Waals surface area (Å²) in [6.45, 7) is 2.10. The molecule has 1 aromatic carbocycles. The van der Waals surface area contributed by atoms with Gasteiger partial charge in [0, 0.05) is 11.8 Å². The zero-order valence-electron chi connectivity index (χ0n) is 14.0. The highest BCUT2D eigenvalue weighted by atomic mass is 14.4. The molecule has 0 heteroatoms. The van der Waals surface area contributed by atoms with Crippen molar-refractivity contribution in [2.75, 3.05) is 0 Å². The maximum absolute atomic E-state index is 2.31. The van der Waals surface area contributed by atoms with Crippen LogP contribution in [0, 0.1) is 11.8 Å². The fourth-order valence-corrected chi connectivity index (χ4v) is 3.84. The topological polar surface area (TPSA) is 0 Å². The van der Waals surface area contributed by atoms with Crippen molar-refractivity contribution in [2.45, 2.75) is 13.3 Å². The standard InChI is InChI=1S/C16H12.C8H10/c1-2-8-13-12(7-1)14-9-3-5-11-6-4-10-15(13)16(11)14;1-8-6-4-2-3-5-7-8/h1-11,16H;2,4-7H,3H2,1H3. The molecule has 0 bridgehead atoms. The van der Waals surface area contributed by atoms with Crippen LogP contribution in [0.3, 0.4) is 0 Å². The molecule has 0 unspecified atom stereocenters. The first-order chi connectivity index (χ1) is 11.8. The molecule has 0 fully saturated rings. The maximum Gasteiger partial charge on any atom is 0.0199 e. The zero-order chi connectivity index (χ0) is 16.4. The molecule has 5 rings (SSSR count). The summed E-state index contributed by atoms with van der Waals surface area (Å²) in [4.78, 5) is 0. The van der Waals surface area contributed by atoms with Crippen molar-refractivity contribution in [3.63, 3.8) is 0 Å². The van der Waals surface area contributed by atoms with Gasteiger partial charge in [0.15, 0.2) is 0 Å². The van der Waals surface area contributed by atoms with Crippen molar-refractivity contribution in [3.8, 4) is 0 Å². The number of hydrogen-bond acceptors (Lipinski definition) is 0. The van der Waals surface area contributed by atoms with Crippen LogP contribution < -0.4 is 0 Å². The van der Waals surface area contributed by atoms with Gasteiger partial charge in [0.25, 0.3) is 0 Å². The molecule has 0 nitrogen and oxygen atoms in total. The molecule has 0 aromatic heterocycles. The van der Waals surface area contributed by atoms with E-state index in [9.17, 15) is 0 Å². The van der Waals surface area contributed by atoms with Gasteiger partial charge in [-0.1, -0.05) is 96.7 Å². The molecule has 0 saturated carbocycles. The molecule has 24 heavy (non-hydrogen) atoms. The van der Waals surface area contributed by atoms with Gasteiger partial charge in [-0.05, 0) is 35.6 Å². The van der Waals surface area contributed by atoms with E-state index >= 15 is 0 Å². The van der Waals surface area contributed by atoms with Crippen LogP contribution in [0.15, 0.2) is 96.7 Å². The second-order valence-corrected chi connectivity index (χ2v) is 6.59. The summed E-state index contributed by atoms with van der Waals surface area (Å²) in [5.41, 5.74) is 7.18. The largest absolute Gasteiger partial charge is 0.0807 e. The summed E-state index contributed by atoms with van der Waals surface area (Å²) in [7, 11) is 0. The Morgan fingerprint density at radius 2 is 1.46 bits per heavy atom. The first kappa shape index (κ1) is 15.0. The molecule has 0 heterocycles. The average Bonchev–Trinajstić information content (AvgIpc) is 2.78. The maximum atomic E-state index is 2.31.